The SMILES string of the molecule is O=C(O)c1nccnc1C(=O)N1C[C@@H]2C[C@H](C1)c1cccc(=O)n1C2. The summed E-state index contributed by atoms with van der Waals surface area (Å²) in [6, 6.07) is 5.20. The molecule has 1 N–H and O–H groups in total. The van der Waals surface area contributed by atoms with Gasteiger partial charge in [0.15, 0.2) is 11.4 Å². The fourth-order valence-corrected chi connectivity index (χ4v) is 3.86. The Balaban J connectivity index is 1.66. The Bertz CT molecular complexity index is 923. The topological polar surface area (TPSA) is 105 Å². The first-order valence-electron chi connectivity index (χ1n) is 8.08. The van der Waals surface area contributed by atoms with Crippen LogP contribution in [-0.2, 0) is 6.54 Å². The van der Waals surface area contributed by atoms with Crippen LogP contribution in [0.5, 0.6) is 0 Å². The van der Waals surface area contributed by atoms with Gasteiger partial charge in [0.25, 0.3) is 11.5 Å². The number of fused-ring (bicyclic) bond motifs is 4. The Kier molecular flexibility index (Phi) is 3.60. The third-order valence-electron chi connectivity index (χ3n) is 4.87. The van der Waals surface area contributed by atoms with Crippen LogP contribution in [0.25, 0.3) is 0 Å². The molecule has 2 aliphatic rings. The van der Waals surface area contributed by atoms with Gasteiger partial charge in [0.2, 0.25) is 0 Å². The van der Waals surface area contributed by atoms with Gasteiger partial charge < -0.3 is 14.6 Å². The molecule has 2 atom stereocenters. The second-order valence-corrected chi connectivity index (χ2v) is 6.47. The minimum Gasteiger partial charge on any atom is -0.476 e. The van der Waals surface area contributed by atoms with E-state index in [-0.39, 0.29) is 28.8 Å². The average Bonchev–Trinajstić information content (AvgIpc) is 2.62. The summed E-state index contributed by atoms with van der Waals surface area (Å²) in [6.45, 7) is 1.49. The molecule has 8 nitrogen and oxygen atoms in total. The number of carboxylic acids is 1. The summed E-state index contributed by atoms with van der Waals surface area (Å²) in [4.78, 5) is 45.5. The molecule has 0 unspecified atom stereocenters. The van der Waals surface area contributed by atoms with Crippen molar-refractivity contribution in [1.29, 1.82) is 0 Å². The van der Waals surface area contributed by atoms with E-state index in [4.69, 9.17) is 0 Å². The van der Waals surface area contributed by atoms with Crippen LogP contribution in [0, 0.1) is 5.92 Å². The number of piperidine rings is 1. The zero-order chi connectivity index (χ0) is 17.6. The number of amides is 1. The molecule has 1 fully saturated rings. The van der Waals surface area contributed by atoms with Crippen LogP contribution in [0.3, 0.4) is 0 Å². The molecule has 8 heteroatoms. The number of nitrogens with zero attached hydrogens (tertiary/aromatic N) is 4. The maximum Gasteiger partial charge on any atom is 0.356 e. The monoisotopic (exact) mass is 340 g/mol. The first-order valence-corrected chi connectivity index (χ1v) is 8.08. The van der Waals surface area contributed by atoms with Crippen molar-refractivity contribution in [3.05, 3.63) is 58.0 Å². The van der Waals surface area contributed by atoms with Crippen molar-refractivity contribution in [2.75, 3.05) is 13.1 Å². The largest absolute Gasteiger partial charge is 0.476 e. The fourth-order valence-electron chi connectivity index (χ4n) is 3.86. The number of likely N-dealkylation sites (tertiary alicyclic amines) is 1. The molecule has 0 spiro atoms. The number of rotatable bonds is 2. The zero-order valence-electron chi connectivity index (χ0n) is 13.3. The van der Waals surface area contributed by atoms with Crippen LogP contribution in [0.4, 0.5) is 0 Å². The second-order valence-electron chi connectivity index (χ2n) is 6.47. The van der Waals surface area contributed by atoms with Crippen molar-refractivity contribution in [2.45, 2.75) is 18.9 Å². The maximum absolute atomic E-state index is 12.8. The van der Waals surface area contributed by atoms with E-state index in [1.54, 1.807) is 21.6 Å². The molecule has 0 aliphatic carbocycles. The number of carboxylic acid groups (broad SMARTS) is 1. The average molecular weight is 340 g/mol. The third kappa shape index (κ3) is 2.59. The van der Waals surface area contributed by atoms with Gasteiger partial charge >= 0.3 is 5.97 Å². The van der Waals surface area contributed by atoms with Crippen LogP contribution in [0.2, 0.25) is 0 Å². The van der Waals surface area contributed by atoms with E-state index in [0.29, 0.717) is 19.6 Å². The van der Waals surface area contributed by atoms with Gasteiger partial charge in [0.1, 0.15) is 0 Å². The van der Waals surface area contributed by atoms with Crippen LogP contribution < -0.4 is 5.56 Å². The summed E-state index contributed by atoms with van der Waals surface area (Å²) in [7, 11) is 0. The number of carbonyl (C=O) groups is 2. The van der Waals surface area contributed by atoms with E-state index in [9.17, 15) is 19.5 Å². The van der Waals surface area contributed by atoms with Crippen LogP contribution in [0.15, 0.2) is 35.4 Å². The van der Waals surface area contributed by atoms with Gasteiger partial charge in [-0.1, -0.05) is 6.07 Å². The Labute approximate surface area is 142 Å². The minimum absolute atomic E-state index is 0.0194. The molecular weight excluding hydrogens is 324 g/mol. The smallest absolute Gasteiger partial charge is 0.356 e. The van der Waals surface area contributed by atoms with Crippen molar-refractivity contribution < 1.29 is 14.7 Å². The quantitative estimate of drug-likeness (QED) is 0.858. The number of pyridine rings is 1. The van der Waals surface area contributed by atoms with Gasteiger partial charge in [-0.2, -0.15) is 0 Å². The molecule has 1 amide bonds. The van der Waals surface area contributed by atoms with Gasteiger partial charge in [-0.05, 0) is 18.4 Å². The first-order chi connectivity index (χ1) is 12.0. The normalized spacial score (nSPS) is 21.5. The highest BCUT2D eigenvalue weighted by atomic mass is 16.4. The highest BCUT2D eigenvalue weighted by Crippen LogP contribution is 2.35. The van der Waals surface area contributed by atoms with E-state index in [0.717, 1.165) is 12.1 Å². The molecule has 2 aromatic heterocycles. The molecule has 4 heterocycles. The Morgan fingerprint density at radius 3 is 2.60 bits per heavy atom. The van der Waals surface area contributed by atoms with E-state index in [1.807, 2.05) is 6.07 Å². The molecular formula is C17H16N4O4. The zero-order valence-corrected chi connectivity index (χ0v) is 13.3. The lowest BCUT2D eigenvalue weighted by Crippen LogP contribution is -2.49. The molecule has 4 rings (SSSR count). The third-order valence-corrected chi connectivity index (χ3v) is 4.87. The van der Waals surface area contributed by atoms with Gasteiger partial charge in [-0.15, -0.1) is 0 Å². The van der Waals surface area contributed by atoms with Crippen molar-refractivity contribution in [3.8, 4) is 0 Å². The summed E-state index contributed by atoms with van der Waals surface area (Å²) in [6.07, 6.45) is 3.49. The van der Waals surface area contributed by atoms with Gasteiger partial charge in [0, 0.05) is 49.7 Å². The maximum atomic E-state index is 12.8. The predicted molar refractivity (Wildman–Crippen MR) is 86.4 cm³/mol. The highest BCUT2D eigenvalue weighted by Gasteiger charge is 2.37. The van der Waals surface area contributed by atoms with Gasteiger partial charge in [-0.25, -0.2) is 14.8 Å². The lowest BCUT2D eigenvalue weighted by atomic mass is 9.83. The summed E-state index contributed by atoms with van der Waals surface area (Å²) in [5, 5.41) is 9.22. The summed E-state index contributed by atoms with van der Waals surface area (Å²) >= 11 is 0. The molecule has 2 aromatic rings. The number of hydrogen-bond donors (Lipinski definition) is 1. The molecule has 0 radical (unpaired) electrons. The molecule has 0 saturated carbocycles. The fraction of sp³-hybridized carbons (Fsp3) is 0.353. The molecule has 25 heavy (non-hydrogen) atoms. The molecule has 0 aromatic carbocycles. The van der Waals surface area contributed by atoms with E-state index in [1.165, 1.54) is 12.4 Å². The van der Waals surface area contributed by atoms with Crippen molar-refractivity contribution in [1.82, 2.24) is 19.4 Å². The van der Waals surface area contributed by atoms with Gasteiger partial charge in [-0.3, -0.25) is 9.59 Å². The van der Waals surface area contributed by atoms with E-state index >= 15 is 0 Å². The first kappa shape index (κ1) is 15.5. The molecule has 2 aliphatic heterocycles. The molecule has 2 bridgehead atoms. The number of hydrogen-bond acceptors (Lipinski definition) is 5. The Morgan fingerprint density at radius 2 is 1.84 bits per heavy atom. The number of aromatic nitrogens is 3. The summed E-state index contributed by atoms with van der Waals surface area (Å²) < 4.78 is 1.78. The summed E-state index contributed by atoms with van der Waals surface area (Å²) in [5.74, 6) is -1.46. The Hall–Kier alpha value is -3.03. The van der Waals surface area contributed by atoms with E-state index < -0.39 is 11.9 Å². The van der Waals surface area contributed by atoms with Crippen LogP contribution in [0.1, 0.15) is 39.0 Å². The standard InChI is InChI=1S/C17H16N4O4/c22-13-3-1-2-12-11-6-10(8-21(12)13)7-20(9-11)16(23)14-15(17(24)25)19-5-4-18-14/h1-5,10-11H,6-9H2,(H,24,25)/t10-,11+/m0/s1. The second kappa shape index (κ2) is 5.80. The number of aromatic carboxylic acids is 1. The lowest BCUT2D eigenvalue weighted by Gasteiger charge is -2.42. The highest BCUT2D eigenvalue weighted by molar-refractivity contribution is 6.02. The van der Waals surface area contributed by atoms with Crippen molar-refractivity contribution >= 4 is 11.9 Å². The number of carbonyl (C=O) groups excluding carboxylic acids is 1. The van der Waals surface area contributed by atoms with Crippen molar-refractivity contribution in [2.24, 2.45) is 5.92 Å². The minimum atomic E-state index is -1.27. The summed E-state index contributed by atoms with van der Waals surface area (Å²) in [5.41, 5.74) is 0.438. The molecule has 128 valence electrons. The van der Waals surface area contributed by atoms with E-state index in [2.05, 4.69) is 9.97 Å². The van der Waals surface area contributed by atoms with Gasteiger partial charge in [0.05, 0.1) is 0 Å². The predicted octanol–water partition coefficient (Wildman–Crippen LogP) is 0.596. The van der Waals surface area contributed by atoms with Crippen LogP contribution >= 0.6 is 0 Å². The lowest BCUT2D eigenvalue weighted by molar-refractivity contribution is 0.0571. The molecule has 1 saturated heterocycles. The van der Waals surface area contributed by atoms with Crippen LogP contribution in [-0.4, -0.2) is 49.5 Å². The Morgan fingerprint density at radius 1 is 1.08 bits per heavy atom. The van der Waals surface area contributed by atoms with Crippen molar-refractivity contribution in [3.63, 3.8) is 0 Å².